The van der Waals surface area contributed by atoms with Gasteiger partial charge in [-0.15, -0.1) is 0 Å². The van der Waals surface area contributed by atoms with Crippen LogP contribution in [0.2, 0.25) is 5.02 Å². The predicted octanol–water partition coefficient (Wildman–Crippen LogP) is 4.64. The number of hydrogen-bond donors (Lipinski definition) is 1. The van der Waals surface area contributed by atoms with Crippen molar-refractivity contribution in [3.05, 3.63) is 52.2 Å². The SMILES string of the molecule is N#CC1(C#N)c2nsc(N)c2C2=CCCC[C@@H]2[C@H]1c1ccccc1Cl. The summed E-state index contributed by atoms with van der Waals surface area (Å²) in [7, 11) is 0. The van der Waals surface area contributed by atoms with Crippen LogP contribution in [0.15, 0.2) is 30.3 Å². The minimum absolute atomic E-state index is 0.0409. The van der Waals surface area contributed by atoms with Gasteiger partial charge in [0.15, 0.2) is 5.41 Å². The van der Waals surface area contributed by atoms with E-state index in [-0.39, 0.29) is 11.8 Å². The van der Waals surface area contributed by atoms with Crippen molar-refractivity contribution in [3.8, 4) is 12.1 Å². The van der Waals surface area contributed by atoms with E-state index in [1.54, 1.807) is 0 Å². The zero-order valence-corrected chi connectivity index (χ0v) is 14.9. The molecule has 1 aromatic heterocycles. The molecule has 25 heavy (non-hydrogen) atoms. The van der Waals surface area contributed by atoms with E-state index in [9.17, 15) is 10.5 Å². The number of allylic oxidation sites excluding steroid dienone is 2. The highest BCUT2D eigenvalue weighted by molar-refractivity contribution is 7.10. The van der Waals surface area contributed by atoms with Gasteiger partial charge >= 0.3 is 0 Å². The van der Waals surface area contributed by atoms with Crippen LogP contribution in [0, 0.1) is 28.6 Å². The standard InChI is InChI=1S/C19H15ClN4S/c20-14-8-4-3-7-13(14)16-12-6-2-1-5-11(12)15-17(24-25-18(15)23)19(16,9-21)10-22/h3-5,7-8,12,16H,1-2,6,23H2/t12-,16-/m0/s1. The molecule has 0 amide bonds. The van der Waals surface area contributed by atoms with Gasteiger partial charge in [0.2, 0.25) is 0 Å². The first kappa shape index (κ1) is 16.1. The van der Waals surface area contributed by atoms with Gasteiger partial charge in [0.05, 0.1) is 17.8 Å². The summed E-state index contributed by atoms with van der Waals surface area (Å²) in [6.07, 6.45) is 5.10. The van der Waals surface area contributed by atoms with Crippen molar-refractivity contribution in [2.75, 3.05) is 5.73 Å². The van der Waals surface area contributed by atoms with E-state index < -0.39 is 5.41 Å². The summed E-state index contributed by atoms with van der Waals surface area (Å²) in [6.45, 7) is 0. The summed E-state index contributed by atoms with van der Waals surface area (Å²) >= 11 is 7.64. The topological polar surface area (TPSA) is 86.5 Å². The normalized spacial score (nSPS) is 23.6. The predicted molar refractivity (Wildman–Crippen MR) is 98.9 cm³/mol. The summed E-state index contributed by atoms with van der Waals surface area (Å²) in [4.78, 5) is 0. The smallest absolute Gasteiger partial charge is 0.194 e. The second-order valence-electron chi connectivity index (χ2n) is 6.50. The van der Waals surface area contributed by atoms with Gasteiger partial charge in [-0.2, -0.15) is 14.9 Å². The number of anilines is 1. The molecule has 4 nitrogen and oxygen atoms in total. The average Bonchev–Trinajstić information content (AvgIpc) is 3.04. The lowest BCUT2D eigenvalue weighted by Gasteiger charge is -2.43. The van der Waals surface area contributed by atoms with Crippen molar-refractivity contribution < 1.29 is 0 Å². The average molecular weight is 367 g/mol. The van der Waals surface area contributed by atoms with E-state index in [0.29, 0.717) is 15.7 Å². The molecule has 0 bridgehead atoms. The van der Waals surface area contributed by atoms with E-state index in [0.717, 1.165) is 47.5 Å². The second-order valence-corrected chi connectivity index (χ2v) is 7.71. The second kappa shape index (κ2) is 5.88. The molecule has 0 radical (unpaired) electrons. The molecular weight excluding hydrogens is 352 g/mol. The molecule has 2 N–H and O–H groups in total. The fraction of sp³-hybridized carbons (Fsp3) is 0.316. The van der Waals surface area contributed by atoms with Crippen molar-refractivity contribution in [1.82, 2.24) is 4.37 Å². The molecule has 0 saturated heterocycles. The third kappa shape index (κ3) is 2.13. The van der Waals surface area contributed by atoms with Crippen LogP contribution in [0.1, 0.15) is 42.0 Å². The Morgan fingerprint density at radius 3 is 2.76 bits per heavy atom. The van der Waals surface area contributed by atoms with E-state index in [1.807, 2.05) is 24.3 Å². The lowest BCUT2D eigenvalue weighted by molar-refractivity contribution is 0.373. The van der Waals surface area contributed by atoms with Crippen LogP contribution in [0.25, 0.3) is 5.57 Å². The van der Waals surface area contributed by atoms with Crippen molar-refractivity contribution in [2.24, 2.45) is 5.92 Å². The summed E-state index contributed by atoms with van der Waals surface area (Å²) in [5.41, 5.74) is 8.06. The first-order valence-electron chi connectivity index (χ1n) is 8.17. The Kier molecular flexibility index (Phi) is 3.80. The van der Waals surface area contributed by atoms with Crippen LogP contribution in [0.5, 0.6) is 0 Å². The van der Waals surface area contributed by atoms with E-state index in [1.165, 1.54) is 0 Å². The van der Waals surface area contributed by atoms with Crippen LogP contribution in [-0.2, 0) is 5.41 Å². The zero-order chi connectivity index (χ0) is 17.6. The Bertz CT molecular complexity index is 949. The summed E-state index contributed by atoms with van der Waals surface area (Å²) in [5, 5.41) is 21.4. The van der Waals surface area contributed by atoms with Crippen LogP contribution in [0.3, 0.4) is 0 Å². The third-order valence-electron chi connectivity index (χ3n) is 5.33. The number of aromatic nitrogens is 1. The number of fused-ring (bicyclic) bond motifs is 3. The lowest BCUT2D eigenvalue weighted by atomic mass is 9.56. The fourth-order valence-corrected chi connectivity index (χ4v) is 5.27. The first-order chi connectivity index (χ1) is 12.1. The van der Waals surface area contributed by atoms with E-state index >= 15 is 0 Å². The molecule has 0 spiro atoms. The highest BCUT2D eigenvalue weighted by Crippen LogP contribution is 2.59. The number of halogens is 1. The van der Waals surface area contributed by atoms with Crippen LogP contribution in [-0.4, -0.2) is 4.37 Å². The molecule has 4 rings (SSSR count). The monoisotopic (exact) mass is 366 g/mol. The quantitative estimate of drug-likeness (QED) is 0.796. The molecule has 0 fully saturated rings. The Morgan fingerprint density at radius 1 is 1.28 bits per heavy atom. The summed E-state index contributed by atoms with van der Waals surface area (Å²) < 4.78 is 4.44. The van der Waals surface area contributed by atoms with Crippen LogP contribution < -0.4 is 5.73 Å². The highest BCUT2D eigenvalue weighted by atomic mass is 35.5. The Hall–Kier alpha value is -2.34. The molecular formula is C19H15ClN4S. The fourth-order valence-electron chi connectivity index (χ4n) is 4.28. The zero-order valence-electron chi connectivity index (χ0n) is 13.4. The molecule has 6 heteroatoms. The minimum Gasteiger partial charge on any atom is -0.389 e. The Labute approximate surface area is 155 Å². The van der Waals surface area contributed by atoms with Gasteiger partial charge in [-0.3, -0.25) is 0 Å². The number of rotatable bonds is 1. The summed E-state index contributed by atoms with van der Waals surface area (Å²) in [5.74, 6) is -0.309. The largest absolute Gasteiger partial charge is 0.389 e. The summed E-state index contributed by atoms with van der Waals surface area (Å²) in [6, 6.07) is 12.1. The highest BCUT2D eigenvalue weighted by Gasteiger charge is 2.55. The molecule has 0 aliphatic heterocycles. The van der Waals surface area contributed by atoms with Gasteiger partial charge < -0.3 is 5.73 Å². The lowest BCUT2D eigenvalue weighted by Crippen LogP contribution is -2.41. The maximum Gasteiger partial charge on any atom is 0.194 e. The van der Waals surface area contributed by atoms with Gasteiger partial charge in [-0.05, 0) is 53.9 Å². The maximum absolute atomic E-state index is 10.1. The van der Waals surface area contributed by atoms with Gasteiger partial charge in [0.1, 0.15) is 5.00 Å². The molecule has 0 unspecified atom stereocenters. The number of nitriles is 2. The van der Waals surface area contributed by atoms with Gasteiger partial charge in [0, 0.05) is 16.5 Å². The van der Waals surface area contributed by atoms with Gasteiger partial charge in [0.25, 0.3) is 0 Å². The van der Waals surface area contributed by atoms with Crippen LogP contribution in [0.4, 0.5) is 5.00 Å². The molecule has 2 aromatic rings. The van der Waals surface area contributed by atoms with Crippen molar-refractivity contribution in [3.63, 3.8) is 0 Å². The number of nitrogen functional groups attached to an aromatic ring is 1. The number of hydrogen-bond acceptors (Lipinski definition) is 5. The molecule has 0 saturated carbocycles. The van der Waals surface area contributed by atoms with Gasteiger partial charge in [-0.25, -0.2) is 0 Å². The number of benzene rings is 1. The van der Waals surface area contributed by atoms with Crippen molar-refractivity contribution >= 4 is 33.7 Å². The number of nitrogens with two attached hydrogens (primary N) is 1. The van der Waals surface area contributed by atoms with Crippen LogP contribution >= 0.6 is 23.1 Å². The van der Waals surface area contributed by atoms with E-state index in [4.69, 9.17) is 17.3 Å². The van der Waals surface area contributed by atoms with E-state index in [2.05, 4.69) is 22.6 Å². The molecule has 2 atom stereocenters. The molecule has 1 aromatic carbocycles. The van der Waals surface area contributed by atoms with Crippen molar-refractivity contribution in [1.29, 1.82) is 10.5 Å². The minimum atomic E-state index is -1.38. The Morgan fingerprint density at radius 2 is 2.04 bits per heavy atom. The first-order valence-corrected chi connectivity index (χ1v) is 9.32. The third-order valence-corrected chi connectivity index (χ3v) is 6.34. The number of nitrogens with zero attached hydrogens (tertiary/aromatic N) is 3. The molecule has 124 valence electrons. The molecule has 2 aliphatic rings. The van der Waals surface area contributed by atoms with Crippen molar-refractivity contribution in [2.45, 2.75) is 30.6 Å². The Balaban J connectivity index is 2.08. The van der Waals surface area contributed by atoms with Gasteiger partial charge in [-0.1, -0.05) is 35.9 Å². The maximum atomic E-state index is 10.1. The molecule has 2 aliphatic carbocycles. The molecule has 1 heterocycles.